The Bertz CT molecular complexity index is 501. The molecule has 1 aromatic carbocycles. The van der Waals surface area contributed by atoms with Gasteiger partial charge in [0.15, 0.2) is 0 Å². The molecule has 2 atom stereocenters. The quantitative estimate of drug-likeness (QED) is 0.665. The van der Waals surface area contributed by atoms with Gasteiger partial charge in [0.05, 0.1) is 11.0 Å². The zero-order valence-electron chi connectivity index (χ0n) is 10.7. The molecule has 0 aromatic heterocycles. The van der Waals surface area contributed by atoms with Gasteiger partial charge in [0.2, 0.25) is 0 Å². The third kappa shape index (κ3) is 2.35. The van der Waals surface area contributed by atoms with Crippen LogP contribution in [0.1, 0.15) is 24.8 Å². The van der Waals surface area contributed by atoms with E-state index in [-0.39, 0.29) is 16.7 Å². The maximum Gasteiger partial charge on any atom is 0.272 e. The number of ether oxygens (including phenoxy) is 1. The fraction of sp³-hybridized carbons (Fsp3) is 0.571. The molecule has 1 aliphatic carbocycles. The van der Waals surface area contributed by atoms with E-state index in [0.29, 0.717) is 24.5 Å². The molecule has 2 N–H and O–H groups in total. The van der Waals surface area contributed by atoms with Crippen LogP contribution < -0.4 is 5.73 Å². The Labute approximate surface area is 111 Å². The number of benzene rings is 1. The van der Waals surface area contributed by atoms with Crippen LogP contribution in [0.5, 0.6) is 0 Å². The second kappa shape index (κ2) is 4.58. The highest BCUT2D eigenvalue weighted by atomic mass is 16.6. The van der Waals surface area contributed by atoms with Gasteiger partial charge >= 0.3 is 0 Å². The number of hydrogen-bond donors (Lipinski definition) is 1. The molecule has 1 aromatic rings. The van der Waals surface area contributed by atoms with E-state index in [4.69, 9.17) is 10.5 Å². The highest BCUT2D eigenvalue weighted by molar-refractivity contribution is 5.41. The van der Waals surface area contributed by atoms with Gasteiger partial charge in [-0.05, 0) is 31.6 Å². The van der Waals surface area contributed by atoms with Gasteiger partial charge in [-0.15, -0.1) is 0 Å². The van der Waals surface area contributed by atoms with E-state index in [1.807, 2.05) is 6.07 Å². The Balaban J connectivity index is 1.86. The topological polar surface area (TPSA) is 78.4 Å². The first kappa shape index (κ1) is 12.6. The fourth-order valence-electron chi connectivity index (χ4n) is 3.07. The van der Waals surface area contributed by atoms with Gasteiger partial charge in [-0.1, -0.05) is 18.2 Å². The summed E-state index contributed by atoms with van der Waals surface area (Å²) < 4.78 is 5.77. The van der Waals surface area contributed by atoms with Gasteiger partial charge in [-0.2, -0.15) is 0 Å². The van der Waals surface area contributed by atoms with Crippen molar-refractivity contribution < 1.29 is 9.66 Å². The van der Waals surface area contributed by atoms with Gasteiger partial charge in [0.25, 0.3) is 5.69 Å². The number of hydrogen-bond acceptors (Lipinski definition) is 4. The second-order valence-electron chi connectivity index (χ2n) is 5.67. The lowest BCUT2D eigenvalue weighted by Crippen LogP contribution is -2.50. The Morgan fingerprint density at radius 2 is 2.16 bits per heavy atom. The smallest absolute Gasteiger partial charge is 0.272 e. The summed E-state index contributed by atoms with van der Waals surface area (Å²) in [5.74, 6) is 0.551. The maximum atomic E-state index is 11.1. The molecule has 2 fully saturated rings. The molecule has 5 heteroatoms. The van der Waals surface area contributed by atoms with Crippen LogP contribution in [-0.2, 0) is 11.2 Å². The van der Waals surface area contributed by atoms with Gasteiger partial charge < -0.3 is 10.5 Å². The summed E-state index contributed by atoms with van der Waals surface area (Å²) in [4.78, 5) is 10.7. The molecule has 102 valence electrons. The number of rotatable bonds is 4. The Morgan fingerprint density at radius 3 is 2.84 bits per heavy atom. The molecule has 0 amide bonds. The normalized spacial score (nSPS) is 30.5. The average molecular weight is 262 g/mol. The molecule has 5 nitrogen and oxygen atoms in total. The number of nitrogens with two attached hydrogens (primary N) is 1. The Morgan fingerprint density at radius 1 is 1.42 bits per heavy atom. The lowest BCUT2D eigenvalue weighted by molar-refractivity contribution is -0.385. The van der Waals surface area contributed by atoms with Crippen molar-refractivity contribution in [3.8, 4) is 0 Å². The molecule has 19 heavy (non-hydrogen) atoms. The third-order valence-corrected chi connectivity index (χ3v) is 4.19. The predicted octanol–water partition coefficient (Wildman–Crippen LogP) is 2.03. The molecule has 1 aliphatic heterocycles. The third-order valence-electron chi connectivity index (χ3n) is 4.19. The van der Waals surface area contributed by atoms with E-state index < -0.39 is 5.54 Å². The van der Waals surface area contributed by atoms with Crippen LogP contribution in [0.3, 0.4) is 0 Å². The number of nitrogens with zero attached hydrogens (tertiary/aromatic N) is 1. The van der Waals surface area contributed by atoms with Gasteiger partial charge in [-0.25, -0.2) is 0 Å². The summed E-state index contributed by atoms with van der Waals surface area (Å²) in [6.07, 6.45) is 3.69. The highest BCUT2D eigenvalue weighted by Gasteiger charge is 2.49. The largest absolute Gasteiger partial charge is 0.376 e. The monoisotopic (exact) mass is 262 g/mol. The fourth-order valence-corrected chi connectivity index (χ4v) is 3.07. The van der Waals surface area contributed by atoms with Crippen molar-refractivity contribution in [3.05, 3.63) is 39.9 Å². The SMILES string of the molecule is NC1(Cc2ccccc2[N+](=O)[O-])CCOC1C1CC1. The molecule has 1 saturated carbocycles. The maximum absolute atomic E-state index is 11.1. The van der Waals surface area contributed by atoms with Crippen molar-refractivity contribution in [3.63, 3.8) is 0 Å². The molecule has 2 unspecified atom stereocenters. The first-order valence-electron chi connectivity index (χ1n) is 6.73. The van der Waals surface area contributed by atoms with Crippen LogP contribution in [0, 0.1) is 16.0 Å². The summed E-state index contributed by atoms with van der Waals surface area (Å²) in [6.45, 7) is 0.665. The molecule has 2 aliphatic rings. The Kier molecular flexibility index (Phi) is 3.03. The van der Waals surface area contributed by atoms with Crippen LogP contribution in [0.15, 0.2) is 24.3 Å². The minimum absolute atomic E-state index is 0.0623. The van der Waals surface area contributed by atoms with Gasteiger partial charge in [0, 0.05) is 23.8 Å². The van der Waals surface area contributed by atoms with Crippen molar-refractivity contribution >= 4 is 5.69 Å². The summed E-state index contributed by atoms with van der Waals surface area (Å²) >= 11 is 0. The van der Waals surface area contributed by atoms with Crippen LogP contribution in [0.25, 0.3) is 0 Å². The second-order valence-corrected chi connectivity index (χ2v) is 5.67. The molecule has 0 spiro atoms. The van der Waals surface area contributed by atoms with Crippen molar-refractivity contribution in [2.75, 3.05) is 6.61 Å². The van der Waals surface area contributed by atoms with Crippen LogP contribution in [-0.4, -0.2) is 23.2 Å². The van der Waals surface area contributed by atoms with Crippen LogP contribution in [0.2, 0.25) is 0 Å². The summed E-state index contributed by atoms with van der Waals surface area (Å²) in [7, 11) is 0. The molecule has 1 heterocycles. The minimum Gasteiger partial charge on any atom is -0.376 e. The number of nitro groups is 1. The van der Waals surface area contributed by atoms with E-state index >= 15 is 0 Å². The molecule has 0 bridgehead atoms. The molecule has 1 saturated heterocycles. The summed E-state index contributed by atoms with van der Waals surface area (Å²) in [5.41, 5.74) is 6.92. The molecule has 3 rings (SSSR count). The van der Waals surface area contributed by atoms with E-state index in [1.54, 1.807) is 18.2 Å². The van der Waals surface area contributed by atoms with Crippen LogP contribution >= 0.6 is 0 Å². The predicted molar refractivity (Wildman–Crippen MR) is 70.8 cm³/mol. The highest BCUT2D eigenvalue weighted by Crippen LogP contribution is 2.44. The van der Waals surface area contributed by atoms with Crippen molar-refractivity contribution in [2.45, 2.75) is 37.3 Å². The zero-order chi connectivity index (χ0) is 13.5. The average Bonchev–Trinajstić information content (AvgIpc) is 3.14. The lowest BCUT2D eigenvalue weighted by Gasteiger charge is -2.30. The van der Waals surface area contributed by atoms with Crippen molar-refractivity contribution in [1.82, 2.24) is 0 Å². The van der Waals surface area contributed by atoms with Gasteiger partial charge in [0.1, 0.15) is 0 Å². The van der Waals surface area contributed by atoms with E-state index in [0.717, 1.165) is 6.42 Å². The lowest BCUT2D eigenvalue weighted by atomic mass is 9.83. The minimum atomic E-state index is -0.451. The van der Waals surface area contributed by atoms with E-state index in [9.17, 15) is 10.1 Å². The van der Waals surface area contributed by atoms with Gasteiger partial charge in [-0.3, -0.25) is 10.1 Å². The summed E-state index contributed by atoms with van der Waals surface area (Å²) in [6, 6.07) is 6.86. The zero-order valence-corrected chi connectivity index (χ0v) is 10.7. The first-order valence-corrected chi connectivity index (χ1v) is 6.73. The van der Waals surface area contributed by atoms with Crippen molar-refractivity contribution in [1.29, 1.82) is 0 Å². The Hall–Kier alpha value is -1.46. The molecular formula is C14H18N2O3. The van der Waals surface area contributed by atoms with E-state index in [2.05, 4.69) is 0 Å². The standard InChI is InChI=1S/C14H18N2O3/c15-14(7-8-19-13(14)10-5-6-10)9-11-3-1-2-4-12(11)16(17)18/h1-4,10,13H,5-9,15H2. The van der Waals surface area contributed by atoms with Crippen molar-refractivity contribution in [2.24, 2.45) is 11.7 Å². The number of nitro benzene ring substituents is 1. The van der Waals surface area contributed by atoms with E-state index in [1.165, 1.54) is 12.8 Å². The number of para-hydroxylation sites is 1. The first-order chi connectivity index (χ1) is 9.10. The summed E-state index contributed by atoms with van der Waals surface area (Å²) in [5, 5.41) is 11.1. The molecular weight excluding hydrogens is 244 g/mol. The molecule has 0 radical (unpaired) electrons. The van der Waals surface area contributed by atoms with Crippen LogP contribution in [0.4, 0.5) is 5.69 Å².